The topological polar surface area (TPSA) is 66.8 Å². The molecule has 35 heavy (non-hydrogen) atoms. The minimum absolute atomic E-state index is 0.0776. The van der Waals surface area contributed by atoms with Gasteiger partial charge < -0.3 is 9.84 Å². The largest absolute Gasteiger partial charge is 0.507 e. The van der Waals surface area contributed by atoms with Gasteiger partial charge in [0, 0.05) is 16.8 Å². The van der Waals surface area contributed by atoms with E-state index in [4.69, 9.17) is 4.74 Å². The van der Waals surface area contributed by atoms with Gasteiger partial charge in [-0.15, -0.1) is 0 Å². The summed E-state index contributed by atoms with van der Waals surface area (Å²) in [4.78, 5) is 28.0. The number of Topliss-reactive ketones (excluding diaryl/α,β-unsaturated/α-hetero) is 1. The van der Waals surface area contributed by atoms with Crippen molar-refractivity contribution in [2.75, 3.05) is 12.0 Å². The number of carbonyl (C=O) groups is 2. The second kappa shape index (κ2) is 9.37. The number of aliphatic hydroxyl groups excluding tert-OH is 1. The van der Waals surface area contributed by atoms with E-state index in [1.54, 1.807) is 50.4 Å². The third-order valence-corrected chi connectivity index (χ3v) is 6.47. The van der Waals surface area contributed by atoms with Crippen LogP contribution < -0.4 is 9.64 Å². The second-order valence-corrected chi connectivity index (χ2v) is 9.04. The van der Waals surface area contributed by atoms with E-state index in [0.29, 0.717) is 22.6 Å². The van der Waals surface area contributed by atoms with Crippen LogP contribution in [0.2, 0.25) is 0 Å². The number of methoxy groups -OCH3 is 1. The number of nitrogens with zero attached hydrogens (tertiary/aromatic N) is 1. The molecule has 1 aliphatic rings. The van der Waals surface area contributed by atoms with E-state index < -0.39 is 23.5 Å². The molecule has 3 aromatic carbocycles. The Morgan fingerprint density at radius 2 is 1.66 bits per heavy atom. The van der Waals surface area contributed by atoms with Gasteiger partial charge in [-0.3, -0.25) is 14.5 Å². The van der Waals surface area contributed by atoms with Crippen molar-refractivity contribution < 1.29 is 23.8 Å². The molecule has 5 nitrogen and oxygen atoms in total. The zero-order valence-electron chi connectivity index (χ0n) is 20.4. The summed E-state index contributed by atoms with van der Waals surface area (Å²) in [7, 11) is 1.58. The summed E-state index contributed by atoms with van der Waals surface area (Å²) >= 11 is 0. The summed E-state index contributed by atoms with van der Waals surface area (Å²) in [5, 5.41) is 11.5. The molecule has 0 saturated carbocycles. The predicted octanol–water partition coefficient (Wildman–Crippen LogP) is 6.20. The number of aliphatic hydroxyl groups is 1. The fourth-order valence-corrected chi connectivity index (χ4v) is 4.63. The quantitative estimate of drug-likeness (QED) is 0.272. The average Bonchev–Trinajstić information content (AvgIpc) is 3.09. The van der Waals surface area contributed by atoms with Gasteiger partial charge in [0.15, 0.2) is 0 Å². The zero-order chi connectivity index (χ0) is 25.4. The molecule has 1 heterocycles. The molecule has 1 amide bonds. The van der Waals surface area contributed by atoms with Gasteiger partial charge in [0.25, 0.3) is 11.7 Å². The number of halogens is 1. The van der Waals surface area contributed by atoms with Gasteiger partial charge >= 0.3 is 0 Å². The van der Waals surface area contributed by atoms with Crippen molar-refractivity contribution in [3.63, 3.8) is 0 Å². The Bertz CT molecular complexity index is 1360. The van der Waals surface area contributed by atoms with E-state index in [-0.39, 0.29) is 22.8 Å². The summed E-state index contributed by atoms with van der Waals surface area (Å²) in [6.07, 6.45) is 0. The summed E-state index contributed by atoms with van der Waals surface area (Å²) in [6, 6.07) is 15.5. The Labute approximate surface area is 204 Å². The van der Waals surface area contributed by atoms with Gasteiger partial charge in [-0.25, -0.2) is 4.39 Å². The predicted molar refractivity (Wildman–Crippen MR) is 134 cm³/mol. The molecular weight excluding hydrogens is 445 g/mol. The summed E-state index contributed by atoms with van der Waals surface area (Å²) in [6.45, 7) is 7.59. The number of hydrogen-bond donors (Lipinski definition) is 1. The summed E-state index contributed by atoms with van der Waals surface area (Å²) < 4.78 is 20.6. The van der Waals surface area contributed by atoms with Gasteiger partial charge in [-0.05, 0) is 60.7 Å². The number of anilines is 1. The number of aryl methyl sites for hydroxylation is 2. The third kappa shape index (κ3) is 4.09. The Hall–Kier alpha value is -3.93. The van der Waals surface area contributed by atoms with Crippen LogP contribution in [-0.4, -0.2) is 23.9 Å². The maximum Gasteiger partial charge on any atom is 0.300 e. The molecule has 0 bridgehead atoms. The molecule has 3 aromatic rings. The molecule has 1 N–H and O–H groups in total. The second-order valence-electron chi connectivity index (χ2n) is 9.04. The smallest absolute Gasteiger partial charge is 0.300 e. The average molecular weight is 474 g/mol. The number of hydrogen-bond acceptors (Lipinski definition) is 4. The van der Waals surface area contributed by atoms with Crippen LogP contribution in [0.3, 0.4) is 0 Å². The van der Waals surface area contributed by atoms with Crippen LogP contribution >= 0.6 is 0 Å². The van der Waals surface area contributed by atoms with E-state index in [1.807, 2.05) is 32.9 Å². The van der Waals surface area contributed by atoms with Gasteiger partial charge in [0.1, 0.15) is 17.3 Å². The third-order valence-electron chi connectivity index (χ3n) is 6.47. The first-order valence-corrected chi connectivity index (χ1v) is 11.5. The van der Waals surface area contributed by atoms with Crippen molar-refractivity contribution in [2.45, 2.75) is 39.7 Å². The summed E-state index contributed by atoms with van der Waals surface area (Å²) in [5.41, 5.74) is 3.12. The lowest BCUT2D eigenvalue weighted by Crippen LogP contribution is -2.30. The molecule has 0 aliphatic carbocycles. The van der Waals surface area contributed by atoms with Crippen molar-refractivity contribution >= 4 is 23.1 Å². The molecule has 1 saturated heterocycles. The molecule has 1 atom stereocenters. The standard InChI is InChI=1S/C29H28FNO4/c1-16(2)20-15-21(18(4)14-24(20)35-5)27(32)25-26(19-11-7-8-12-22(19)30)31(29(34)28(25)33)23-13-9-6-10-17(23)3/h6-16,26,32H,1-5H3/b27-25+. The van der Waals surface area contributed by atoms with E-state index in [1.165, 1.54) is 17.0 Å². The van der Waals surface area contributed by atoms with Gasteiger partial charge in [-0.2, -0.15) is 0 Å². The van der Waals surface area contributed by atoms with Crippen molar-refractivity contribution in [1.82, 2.24) is 0 Å². The number of benzene rings is 3. The number of ketones is 1. The number of amides is 1. The first-order chi connectivity index (χ1) is 16.7. The van der Waals surface area contributed by atoms with Gasteiger partial charge in [0.05, 0.1) is 18.7 Å². The van der Waals surface area contributed by atoms with Crippen molar-refractivity contribution in [2.24, 2.45) is 0 Å². The lowest BCUT2D eigenvalue weighted by atomic mass is 9.90. The maximum absolute atomic E-state index is 15.1. The van der Waals surface area contributed by atoms with Crippen molar-refractivity contribution in [3.8, 4) is 5.75 Å². The van der Waals surface area contributed by atoms with Crippen LogP contribution in [0.1, 0.15) is 53.6 Å². The minimum atomic E-state index is -1.12. The van der Waals surface area contributed by atoms with E-state index >= 15 is 4.39 Å². The highest BCUT2D eigenvalue weighted by molar-refractivity contribution is 6.51. The molecule has 4 rings (SSSR count). The molecule has 0 aromatic heterocycles. The Morgan fingerprint density at radius 3 is 2.29 bits per heavy atom. The number of rotatable bonds is 5. The Balaban J connectivity index is 2.03. The van der Waals surface area contributed by atoms with E-state index in [9.17, 15) is 14.7 Å². The fourth-order valence-electron chi connectivity index (χ4n) is 4.63. The highest BCUT2D eigenvalue weighted by Gasteiger charge is 2.48. The highest BCUT2D eigenvalue weighted by atomic mass is 19.1. The normalized spacial score (nSPS) is 17.3. The van der Waals surface area contributed by atoms with Crippen LogP contribution in [-0.2, 0) is 9.59 Å². The van der Waals surface area contributed by atoms with E-state index in [2.05, 4.69) is 0 Å². The van der Waals surface area contributed by atoms with Gasteiger partial charge in [0.2, 0.25) is 0 Å². The number of ether oxygens (including phenoxy) is 1. The fraction of sp³-hybridized carbons (Fsp3) is 0.241. The van der Waals surface area contributed by atoms with Crippen molar-refractivity contribution in [3.05, 3.63) is 99.9 Å². The highest BCUT2D eigenvalue weighted by Crippen LogP contribution is 2.44. The lowest BCUT2D eigenvalue weighted by molar-refractivity contribution is -0.132. The Kier molecular flexibility index (Phi) is 6.48. The van der Waals surface area contributed by atoms with Crippen LogP contribution in [0.25, 0.3) is 5.76 Å². The van der Waals surface area contributed by atoms with Crippen LogP contribution in [0.15, 0.2) is 66.2 Å². The molecule has 1 aliphatic heterocycles. The molecule has 1 unspecified atom stereocenters. The maximum atomic E-state index is 15.1. The number of para-hydroxylation sites is 1. The molecule has 1 fully saturated rings. The lowest BCUT2D eigenvalue weighted by Gasteiger charge is -2.27. The molecular formula is C29H28FNO4. The monoisotopic (exact) mass is 473 g/mol. The number of carbonyl (C=O) groups excluding carboxylic acids is 2. The SMILES string of the molecule is COc1cc(C)c(/C(O)=C2\C(=O)C(=O)N(c3ccccc3C)C2c2ccccc2F)cc1C(C)C. The van der Waals surface area contributed by atoms with Crippen molar-refractivity contribution in [1.29, 1.82) is 0 Å². The zero-order valence-corrected chi connectivity index (χ0v) is 20.4. The molecule has 0 radical (unpaired) electrons. The molecule has 0 spiro atoms. The first-order valence-electron chi connectivity index (χ1n) is 11.5. The summed E-state index contributed by atoms with van der Waals surface area (Å²) in [5.74, 6) is -1.84. The van der Waals surface area contributed by atoms with Gasteiger partial charge in [-0.1, -0.05) is 50.2 Å². The Morgan fingerprint density at radius 1 is 1.00 bits per heavy atom. The van der Waals surface area contributed by atoms with Crippen LogP contribution in [0, 0.1) is 19.7 Å². The molecule has 180 valence electrons. The molecule has 6 heteroatoms. The van der Waals surface area contributed by atoms with Crippen LogP contribution in [0.5, 0.6) is 5.75 Å². The van der Waals surface area contributed by atoms with E-state index in [0.717, 1.165) is 11.1 Å². The minimum Gasteiger partial charge on any atom is -0.507 e. The first kappa shape index (κ1) is 24.2. The van der Waals surface area contributed by atoms with Crippen LogP contribution in [0.4, 0.5) is 10.1 Å².